The van der Waals surface area contributed by atoms with Gasteiger partial charge in [0.25, 0.3) is 0 Å². The maximum Gasteiger partial charge on any atom is 0.226 e. The number of aliphatic hydroxyl groups is 1. The normalized spacial score (nSPS) is 17.0. The summed E-state index contributed by atoms with van der Waals surface area (Å²) in [6.07, 6.45) is 1.57. The molecule has 0 radical (unpaired) electrons. The van der Waals surface area contributed by atoms with Crippen LogP contribution in [-0.2, 0) is 22.5 Å². The highest BCUT2D eigenvalue weighted by molar-refractivity contribution is 6.30. The lowest BCUT2D eigenvalue weighted by Gasteiger charge is -2.32. The molecule has 2 unspecified atom stereocenters. The van der Waals surface area contributed by atoms with Gasteiger partial charge in [0, 0.05) is 24.5 Å². The predicted molar refractivity (Wildman–Crippen MR) is 123 cm³/mol. The third-order valence-electron chi connectivity index (χ3n) is 5.45. The van der Waals surface area contributed by atoms with Gasteiger partial charge in [0.1, 0.15) is 17.5 Å². The smallest absolute Gasteiger partial charge is 0.226 e. The third-order valence-corrected chi connectivity index (χ3v) is 5.70. The van der Waals surface area contributed by atoms with Gasteiger partial charge in [-0.15, -0.1) is 5.10 Å². The number of ether oxygens (including phenoxy) is 2. The molecule has 174 valence electrons. The summed E-state index contributed by atoms with van der Waals surface area (Å²) in [5.41, 5.74) is 1.55. The molecule has 1 N–H and O–H groups in total. The molecule has 0 aliphatic carbocycles. The van der Waals surface area contributed by atoms with E-state index in [1.165, 1.54) is 0 Å². The molecule has 0 spiro atoms. The summed E-state index contributed by atoms with van der Waals surface area (Å²) in [6.45, 7) is 2.24. The Morgan fingerprint density at radius 1 is 1.21 bits per heavy atom. The monoisotopic (exact) mass is 470 g/mol. The highest BCUT2D eigenvalue weighted by Gasteiger charge is 2.25. The van der Waals surface area contributed by atoms with Crippen molar-refractivity contribution in [1.29, 1.82) is 0 Å². The van der Waals surface area contributed by atoms with Crippen LogP contribution < -0.4 is 4.74 Å². The van der Waals surface area contributed by atoms with Crippen molar-refractivity contribution >= 4 is 17.5 Å². The van der Waals surface area contributed by atoms with Gasteiger partial charge in [-0.05, 0) is 29.8 Å². The summed E-state index contributed by atoms with van der Waals surface area (Å²) < 4.78 is 13.1. The first-order valence-corrected chi connectivity index (χ1v) is 11.3. The van der Waals surface area contributed by atoms with Crippen LogP contribution in [0.5, 0.6) is 5.75 Å². The first-order chi connectivity index (χ1) is 16.1. The molecule has 1 fully saturated rings. The predicted octanol–water partition coefficient (Wildman–Crippen LogP) is 2.90. The van der Waals surface area contributed by atoms with E-state index in [0.29, 0.717) is 55.7 Å². The zero-order valence-corrected chi connectivity index (χ0v) is 19.0. The molecule has 2 aromatic carbocycles. The Morgan fingerprint density at radius 2 is 2.00 bits per heavy atom. The van der Waals surface area contributed by atoms with Crippen molar-refractivity contribution in [2.24, 2.45) is 0 Å². The number of amides is 1. The van der Waals surface area contributed by atoms with Gasteiger partial charge in [-0.3, -0.25) is 4.79 Å². The molecule has 3 aromatic rings. The fourth-order valence-corrected chi connectivity index (χ4v) is 3.83. The topological polar surface area (TPSA) is 89.7 Å². The second kappa shape index (κ2) is 11.3. The molecular weight excluding hydrogens is 444 g/mol. The number of carbonyl (C=O) groups is 1. The summed E-state index contributed by atoms with van der Waals surface area (Å²) in [5, 5.41) is 19.3. The first-order valence-electron chi connectivity index (χ1n) is 11.0. The lowest BCUT2D eigenvalue weighted by Crippen LogP contribution is -2.47. The third kappa shape index (κ3) is 6.77. The Balaban J connectivity index is 1.24. The number of aromatic nitrogens is 3. The van der Waals surface area contributed by atoms with Crippen LogP contribution in [0, 0.1) is 0 Å². The molecule has 8 nitrogen and oxygen atoms in total. The molecule has 1 aromatic heterocycles. The zero-order chi connectivity index (χ0) is 23.0. The van der Waals surface area contributed by atoms with Gasteiger partial charge in [-0.1, -0.05) is 47.1 Å². The molecule has 0 saturated carbocycles. The molecule has 1 saturated heterocycles. The number of rotatable bonds is 9. The fourth-order valence-electron chi connectivity index (χ4n) is 3.71. The van der Waals surface area contributed by atoms with Crippen molar-refractivity contribution < 1.29 is 19.4 Å². The molecule has 1 aliphatic heterocycles. The van der Waals surface area contributed by atoms with Gasteiger partial charge in [0.2, 0.25) is 5.91 Å². The summed E-state index contributed by atoms with van der Waals surface area (Å²) >= 11 is 5.87. The highest BCUT2D eigenvalue weighted by Crippen LogP contribution is 2.18. The maximum atomic E-state index is 12.6. The fraction of sp³-hybridized carbons (Fsp3) is 0.375. The maximum absolute atomic E-state index is 12.6. The van der Waals surface area contributed by atoms with Gasteiger partial charge < -0.3 is 19.5 Å². The lowest BCUT2D eigenvalue weighted by molar-refractivity contribution is -0.139. The second-order valence-electron chi connectivity index (χ2n) is 7.96. The van der Waals surface area contributed by atoms with E-state index < -0.39 is 6.10 Å². The van der Waals surface area contributed by atoms with Crippen molar-refractivity contribution in [2.75, 3.05) is 26.3 Å². The van der Waals surface area contributed by atoms with Crippen molar-refractivity contribution in [3.8, 4) is 5.75 Å². The highest BCUT2D eigenvalue weighted by atomic mass is 35.5. The van der Waals surface area contributed by atoms with Crippen LogP contribution in [-0.4, -0.2) is 63.3 Å². The summed E-state index contributed by atoms with van der Waals surface area (Å²) in [4.78, 5) is 14.4. The lowest BCUT2D eigenvalue weighted by atomic mass is 10.1. The van der Waals surface area contributed by atoms with Gasteiger partial charge in [0.05, 0.1) is 38.5 Å². The van der Waals surface area contributed by atoms with Gasteiger partial charge in [-0.25, -0.2) is 4.68 Å². The van der Waals surface area contributed by atoms with E-state index in [1.807, 2.05) is 30.3 Å². The molecule has 4 rings (SSSR count). The largest absolute Gasteiger partial charge is 0.493 e. The number of aliphatic hydroxyl groups excluding tert-OH is 1. The van der Waals surface area contributed by atoms with Crippen LogP contribution in [0.25, 0.3) is 0 Å². The van der Waals surface area contributed by atoms with E-state index in [1.54, 1.807) is 40.0 Å². The zero-order valence-electron chi connectivity index (χ0n) is 18.2. The first kappa shape index (κ1) is 23.2. The number of carbonyl (C=O) groups excluding carboxylic acids is 1. The number of nitrogens with zero attached hydrogens (tertiary/aromatic N) is 4. The van der Waals surface area contributed by atoms with E-state index in [4.69, 9.17) is 21.1 Å². The Hall–Kier alpha value is -2.94. The molecule has 1 aliphatic rings. The summed E-state index contributed by atoms with van der Waals surface area (Å²) in [6, 6.07) is 16.8. The number of morpholine rings is 1. The number of benzene rings is 2. The second-order valence-corrected chi connectivity index (χ2v) is 8.39. The van der Waals surface area contributed by atoms with E-state index in [2.05, 4.69) is 10.3 Å². The van der Waals surface area contributed by atoms with Crippen LogP contribution in [0.15, 0.2) is 60.8 Å². The minimum atomic E-state index is -0.729. The van der Waals surface area contributed by atoms with Crippen LogP contribution in [0.3, 0.4) is 0 Å². The average Bonchev–Trinajstić information content (AvgIpc) is 3.30. The van der Waals surface area contributed by atoms with Crippen LogP contribution in [0.4, 0.5) is 0 Å². The van der Waals surface area contributed by atoms with E-state index in [0.717, 1.165) is 5.56 Å². The van der Waals surface area contributed by atoms with E-state index >= 15 is 0 Å². The summed E-state index contributed by atoms with van der Waals surface area (Å²) in [5.74, 6) is 0.707. The van der Waals surface area contributed by atoms with Crippen LogP contribution in [0.1, 0.15) is 23.8 Å². The standard InChI is InChI=1S/C24H27ClN4O4/c25-19-6-8-20(9-7-19)32-12-10-24(31)28-11-13-33-21(15-28)16-29-17-22(26-27-29)23(30)14-18-4-2-1-3-5-18/h1-9,17,21,23,30H,10-16H2. The van der Waals surface area contributed by atoms with E-state index in [9.17, 15) is 9.90 Å². The molecule has 33 heavy (non-hydrogen) atoms. The Bertz CT molecular complexity index is 1030. The van der Waals surface area contributed by atoms with Crippen molar-refractivity contribution in [2.45, 2.75) is 31.6 Å². The van der Waals surface area contributed by atoms with Gasteiger partial charge in [-0.2, -0.15) is 0 Å². The van der Waals surface area contributed by atoms with E-state index in [-0.39, 0.29) is 18.4 Å². The molecule has 2 atom stereocenters. The Labute approximate surface area is 197 Å². The Kier molecular flexibility index (Phi) is 7.93. The van der Waals surface area contributed by atoms with Gasteiger partial charge >= 0.3 is 0 Å². The average molecular weight is 471 g/mol. The minimum Gasteiger partial charge on any atom is -0.493 e. The molecular formula is C24H27ClN4O4. The quantitative estimate of drug-likeness (QED) is 0.517. The number of hydrogen-bond donors (Lipinski definition) is 1. The molecule has 1 amide bonds. The van der Waals surface area contributed by atoms with Crippen LogP contribution >= 0.6 is 11.6 Å². The minimum absolute atomic E-state index is 0.0230. The molecule has 2 heterocycles. The molecule has 9 heteroatoms. The van der Waals surface area contributed by atoms with Crippen molar-refractivity contribution in [1.82, 2.24) is 19.9 Å². The SMILES string of the molecule is O=C(CCOc1ccc(Cl)cc1)N1CCOC(Cn2cc(C(O)Cc3ccccc3)nn2)C1. The number of halogens is 1. The van der Waals surface area contributed by atoms with Crippen molar-refractivity contribution in [3.05, 3.63) is 77.1 Å². The van der Waals surface area contributed by atoms with Gasteiger partial charge in [0.15, 0.2) is 0 Å². The van der Waals surface area contributed by atoms with Crippen molar-refractivity contribution in [3.63, 3.8) is 0 Å². The van der Waals surface area contributed by atoms with Crippen LogP contribution in [0.2, 0.25) is 5.02 Å². The number of hydrogen-bond acceptors (Lipinski definition) is 6. The molecule has 0 bridgehead atoms. The summed E-state index contributed by atoms with van der Waals surface area (Å²) in [7, 11) is 0. The Morgan fingerprint density at radius 3 is 2.79 bits per heavy atom.